The second kappa shape index (κ2) is 5.98. The van der Waals surface area contributed by atoms with Crippen LogP contribution in [0, 0.1) is 40.4 Å². The molecule has 9 unspecified atom stereocenters. The van der Waals surface area contributed by atoms with Gasteiger partial charge in [-0.1, -0.05) is 0 Å². The van der Waals surface area contributed by atoms with Gasteiger partial charge in [-0.2, -0.15) is 0 Å². The number of carbonyl (C=O) groups is 1. The molecule has 0 heterocycles. The van der Waals surface area contributed by atoms with Gasteiger partial charge in [0.2, 0.25) is 0 Å². The zero-order chi connectivity index (χ0) is 18.5. The average molecular weight is 583 g/mol. The van der Waals surface area contributed by atoms with Crippen LogP contribution in [0.15, 0.2) is 0 Å². The Morgan fingerprint density at radius 2 is 1.96 bits per heavy atom. The summed E-state index contributed by atoms with van der Waals surface area (Å²) < 4.78 is 8.10. The van der Waals surface area contributed by atoms with Crippen LogP contribution >= 0.6 is 22.6 Å². The molecule has 0 aromatic rings. The molecule has 4 heteroatoms. The Hall–Kier alpha value is 0.930. The predicted octanol–water partition coefficient (Wildman–Crippen LogP) is 2.07. The first kappa shape index (κ1) is 18.9. The van der Waals surface area contributed by atoms with Crippen LogP contribution in [0.3, 0.4) is 0 Å². The zero-order valence-corrected chi connectivity index (χ0v) is 20.9. The van der Waals surface area contributed by atoms with Crippen LogP contribution < -0.4 is 21.2 Å². The number of fused-ring (bicyclic) bond motifs is 3. The third kappa shape index (κ3) is 2.54. The van der Waals surface area contributed by atoms with Crippen molar-refractivity contribution < 1.29 is 30.7 Å². The first-order valence-electron chi connectivity index (χ1n) is 10.6. The summed E-state index contributed by atoms with van der Waals surface area (Å²) in [5, 5.41) is 0. The summed E-state index contributed by atoms with van der Waals surface area (Å²) in [6.45, 7) is 6.92. The summed E-state index contributed by atoms with van der Waals surface area (Å²) in [4.78, 5) is 15.7. The minimum absolute atomic E-state index is 0.152. The number of halogens is 2. The van der Waals surface area contributed by atoms with Crippen molar-refractivity contribution in [3.63, 3.8) is 0 Å². The van der Waals surface area contributed by atoms with Gasteiger partial charge in [-0.05, 0) is 0 Å². The summed E-state index contributed by atoms with van der Waals surface area (Å²) in [5.74, 6) is 3.48. The molecule has 1 spiro atoms. The van der Waals surface area contributed by atoms with Crippen LogP contribution in [-0.4, -0.2) is 24.4 Å². The summed E-state index contributed by atoms with van der Waals surface area (Å²) in [6.07, 6.45) is 9.18. The monoisotopic (exact) mass is 583 g/mol. The van der Waals surface area contributed by atoms with Gasteiger partial charge >= 0.3 is 184 Å². The number of hydrogen-bond acceptors (Lipinski definition) is 2. The van der Waals surface area contributed by atoms with Crippen LogP contribution in [0.2, 0.25) is 0 Å². The zero-order valence-electron chi connectivity index (χ0n) is 16.6. The van der Waals surface area contributed by atoms with E-state index in [-0.39, 0.29) is 22.9 Å². The molecular weight excluding hydrogens is 550 g/mol. The van der Waals surface area contributed by atoms with E-state index in [1.54, 1.807) is 0 Å². The van der Waals surface area contributed by atoms with E-state index in [9.17, 15) is 4.79 Å². The summed E-state index contributed by atoms with van der Waals surface area (Å²) in [5.41, 5.74) is 0.597. The van der Waals surface area contributed by atoms with Crippen molar-refractivity contribution in [2.75, 3.05) is 4.93 Å². The first-order chi connectivity index (χ1) is 12.2. The van der Waals surface area contributed by atoms with Crippen molar-refractivity contribution in [2.45, 2.75) is 79.2 Å². The number of carbonyl (C=O) groups excluding carboxylic acids is 1. The van der Waals surface area contributed by atoms with E-state index >= 15 is 0 Å². The van der Waals surface area contributed by atoms with Crippen molar-refractivity contribution >= 4 is 28.6 Å². The topological polar surface area (TPSA) is 26.3 Å². The molecule has 4 bridgehead atoms. The predicted molar refractivity (Wildman–Crippen MR) is 108 cm³/mol. The normalized spacial score (nSPS) is 54.4. The molecule has 9 atom stereocenters. The second-order valence-electron chi connectivity index (χ2n) is 11.0. The van der Waals surface area contributed by atoms with Gasteiger partial charge in [0.15, 0.2) is 0 Å². The molecule has 148 valence electrons. The van der Waals surface area contributed by atoms with E-state index in [1.165, 1.54) is 38.5 Å². The molecule has 5 fully saturated rings. The van der Waals surface area contributed by atoms with E-state index < -0.39 is 0 Å². The van der Waals surface area contributed by atoms with E-state index in [1.807, 2.05) is 0 Å². The van der Waals surface area contributed by atoms with Gasteiger partial charge in [-0.25, -0.2) is 0 Å². The molecular formula is C22H33I2O2-. The second-order valence-corrected chi connectivity index (χ2v) is 15.1. The Kier molecular flexibility index (Phi) is 4.35. The molecule has 0 aromatic carbocycles. The fourth-order valence-corrected chi connectivity index (χ4v) is 14.0. The fraction of sp³-hybridized carbons (Fsp3) is 0.955. The van der Waals surface area contributed by atoms with Crippen LogP contribution in [0.5, 0.6) is 0 Å². The number of ether oxygens (including phenoxy) is 1. The molecule has 0 aliphatic heterocycles. The van der Waals surface area contributed by atoms with Crippen LogP contribution in [0.25, 0.3) is 0 Å². The number of rotatable bonds is 4. The number of esters is 1. The standard InChI is InChI=1S/C22H33I2O2/c1-12-7-21-9-14(21)10-22(8-12,11-21)20(2,3)26-19(25)16-6-13-5-15(16)17(23)18(13)24-4/h12-18H,5-11H2,1-4H3/q-1. The summed E-state index contributed by atoms with van der Waals surface area (Å²) in [7, 11) is 0. The SMILES string of the molecule is C[I-]C1C2CC(C(=O)OC(C)(C)C34CC(C)CC5(CC5C3)C4)C(C2)C1I. The Bertz CT molecular complexity index is 628. The molecule has 5 aliphatic rings. The van der Waals surface area contributed by atoms with E-state index in [0.29, 0.717) is 32.5 Å². The maximum atomic E-state index is 13.3. The summed E-state index contributed by atoms with van der Waals surface area (Å²) in [6, 6.07) is 0. The van der Waals surface area contributed by atoms with Gasteiger partial charge in [0, 0.05) is 0 Å². The van der Waals surface area contributed by atoms with Gasteiger partial charge in [0.1, 0.15) is 0 Å². The molecule has 2 nitrogen and oxygen atoms in total. The van der Waals surface area contributed by atoms with Gasteiger partial charge in [0.05, 0.1) is 0 Å². The van der Waals surface area contributed by atoms with Crippen molar-refractivity contribution in [2.24, 2.45) is 40.4 Å². The number of hydrogen-bond donors (Lipinski definition) is 0. The van der Waals surface area contributed by atoms with Gasteiger partial charge in [-0.3, -0.25) is 0 Å². The average Bonchev–Trinajstić information content (AvgIpc) is 2.89. The third-order valence-electron chi connectivity index (χ3n) is 9.18. The van der Waals surface area contributed by atoms with E-state index in [0.717, 1.165) is 32.0 Å². The molecule has 0 amide bonds. The molecule has 5 rings (SSSR count). The minimum atomic E-state index is -0.293. The number of alkyl halides is 3. The van der Waals surface area contributed by atoms with Crippen molar-refractivity contribution in [3.8, 4) is 0 Å². The van der Waals surface area contributed by atoms with Crippen LogP contribution in [0.4, 0.5) is 0 Å². The van der Waals surface area contributed by atoms with E-state index in [2.05, 4.69) is 48.3 Å². The molecule has 0 aromatic heterocycles. The Labute approximate surface area is 182 Å². The fourth-order valence-electron chi connectivity index (χ4n) is 7.99. The third-order valence-corrected chi connectivity index (χ3v) is 15.5. The maximum absolute atomic E-state index is 13.3. The Morgan fingerprint density at radius 3 is 2.65 bits per heavy atom. The Balaban J connectivity index is 1.31. The van der Waals surface area contributed by atoms with Crippen molar-refractivity contribution in [3.05, 3.63) is 0 Å². The molecule has 0 saturated heterocycles. The molecule has 0 radical (unpaired) electrons. The molecule has 26 heavy (non-hydrogen) atoms. The summed E-state index contributed by atoms with van der Waals surface area (Å²) >= 11 is 2.96. The van der Waals surface area contributed by atoms with Gasteiger partial charge in [-0.15, -0.1) is 0 Å². The molecule has 5 aliphatic carbocycles. The van der Waals surface area contributed by atoms with Gasteiger partial charge < -0.3 is 0 Å². The van der Waals surface area contributed by atoms with Crippen LogP contribution in [0.1, 0.15) is 65.7 Å². The van der Waals surface area contributed by atoms with Crippen molar-refractivity contribution in [1.82, 2.24) is 0 Å². The quantitative estimate of drug-likeness (QED) is 0.288. The first-order valence-corrected chi connectivity index (χ1v) is 15.2. The van der Waals surface area contributed by atoms with Crippen LogP contribution in [-0.2, 0) is 9.53 Å². The molecule has 5 saturated carbocycles. The van der Waals surface area contributed by atoms with Crippen molar-refractivity contribution in [1.29, 1.82) is 0 Å². The molecule has 0 N–H and O–H groups in total. The van der Waals surface area contributed by atoms with E-state index in [4.69, 9.17) is 4.74 Å². The Morgan fingerprint density at radius 1 is 1.19 bits per heavy atom. The van der Waals surface area contributed by atoms with Gasteiger partial charge in [0.25, 0.3) is 0 Å².